The van der Waals surface area contributed by atoms with Crippen LogP contribution in [0.1, 0.15) is 70.6 Å². The number of ether oxygens (including phenoxy) is 2. The highest BCUT2D eigenvalue weighted by Gasteiger charge is 2.49. The van der Waals surface area contributed by atoms with Gasteiger partial charge in [-0.2, -0.15) is 0 Å². The third-order valence-corrected chi connectivity index (χ3v) is 12.3. The summed E-state index contributed by atoms with van der Waals surface area (Å²) in [5.41, 5.74) is 1.51. The summed E-state index contributed by atoms with van der Waals surface area (Å²) in [4.78, 5) is 89.9. The number of rotatable bonds is 23. The lowest BCUT2D eigenvalue weighted by molar-refractivity contribution is -0.130. The normalized spacial score (nSPS) is 17.9. The Balaban J connectivity index is 1.36. The topological polar surface area (TPSA) is 188 Å². The molecule has 0 bridgehead atoms. The molecule has 0 unspecified atom stereocenters. The van der Waals surface area contributed by atoms with Crippen LogP contribution in [0, 0.1) is 23.7 Å². The summed E-state index contributed by atoms with van der Waals surface area (Å²) < 4.78 is 10.8. The Morgan fingerprint density at radius 3 is 1.75 bits per heavy atom. The van der Waals surface area contributed by atoms with Gasteiger partial charge >= 0.3 is 0 Å². The van der Waals surface area contributed by atoms with Gasteiger partial charge in [-0.25, -0.2) is 4.99 Å². The van der Waals surface area contributed by atoms with E-state index in [1.165, 1.54) is 0 Å². The minimum absolute atomic E-state index is 0.00710. The SMILES string of the molecule is CC(C)CC(=NC(=O)[C@H](Cc1ccccc1)C(=S)NC(=O)[C@H](Cc1ccccc1)NC(=O)[C@H](CC(C)C)C(=S)NC(=O)[C@H](CCc1ccccc1)NC(=O)CN1CCOCC1)C(=O)[C@@]1(C)CO1. The molecule has 2 fully saturated rings. The van der Waals surface area contributed by atoms with Gasteiger partial charge in [-0.15, -0.1) is 0 Å². The van der Waals surface area contributed by atoms with E-state index in [0.29, 0.717) is 32.7 Å². The van der Waals surface area contributed by atoms with E-state index in [1.807, 2.05) is 124 Å². The van der Waals surface area contributed by atoms with Crippen molar-refractivity contribution in [1.29, 1.82) is 0 Å². The average molecular weight is 953 g/mol. The molecule has 4 N–H and O–H groups in total. The Morgan fingerprint density at radius 1 is 0.687 bits per heavy atom. The lowest BCUT2D eigenvalue weighted by atomic mass is 9.94. The Hall–Kier alpha value is -5.39. The fourth-order valence-electron chi connectivity index (χ4n) is 7.63. The highest BCUT2D eigenvalue weighted by atomic mass is 32.1. The molecular formula is C51H64N6O8S2. The summed E-state index contributed by atoms with van der Waals surface area (Å²) in [6.45, 7) is 11.9. The van der Waals surface area contributed by atoms with Crippen LogP contribution in [-0.2, 0) is 57.5 Å². The summed E-state index contributed by atoms with van der Waals surface area (Å²) in [7, 11) is 0. The molecule has 5 amide bonds. The largest absolute Gasteiger partial charge is 0.379 e. The number of morpholine rings is 1. The number of benzene rings is 3. The lowest BCUT2D eigenvalue weighted by Crippen LogP contribution is -2.55. The predicted molar refractivity (Wildman–Crippen MR) is 265 cm³/mol. The van der Waals surface area contributed by atoms with Gasteiger partial charge in [-0.3, -0.25) is 33.7 Å². The fraction of sp³-hybridized carbons (Fsp3) is 0.471. The molecule has 0 spiro atoms. The Labute approximate surface area is 404 Å². The minimum atomic E-state index is -1.21. The Bertz CT molecular complexity index is 2230. The molecule has 3 aromatic rings. The number of carbonyl (C=O) groups excluding carboxylic acids is 6. The van der Waals surface area contributed by atoms with E-state index in [-0.39, 0.29) is 84.5 Å². The second-order valence-corrected chi connectivity index (χ2v) is 19.1. The maximum Gasteiger partial charge on any atom is 0.256 e. The third-order valence-electron chi connectivity index (χ3n) is 11.5. The number of nitrogens with zero attached hydrogens (tertiary/aromatic N) is 2. The number of amides is 5. The van der Waals surface area contributed by atoms with Crippen molar-refractivity contribution in [3.63, 3.8) is 0 Å². The number of aryl methyl sites for hydroxylation is 1. The van der Waals surface area contributed by atoms with Gasteiger partial charge in [-0.05, 0) is 67.6 Å². The van der Waals surface area contributed by atoms with E-state index in [4.69, 9.17) is 33.9 Å². The minimum Gasteiger partial charge on any atom is -0.379 e. The fourth-order valence-corrected chi connectivity index (χ4v) is 8.22. The number of hydrogen-bond acceptors (Lipinski definition) is 11. The molecule has 0 radical (unpaired) electrons. The first-order valence-corrected chi connectivity index (χ1v) is 23.8. The van der Waals surface area contributed by atoms with Gasteiger partial charge in [-0.1, -0.05) is 143 Å². The van der Waals surface area contributed by atoms with Crippen molar-refractivity contribution in [2.24, 2.45) is 28.7 Å². The van der Waals surface area contributed by atoms with E-state index >= 15 is 0 Å². The first kappa shape index (κ1) is 52.6. The number of Topliss-reactive ketones (excluding diaryl/α,β-unsaturated/α-hetero) is 1. The molecular weight excluding hydrogens is 889 g/mol. The van der Waals surface area contributed by atoms with Crippen molar-refractivity contribution in [3.05, 3.63) is 108 Å². The molecule has 16 heteroatoms. The molecule has 5 atom stereocenters. The van der Waals surface area contributed by atoms with Gasteiger partial charge in [0, 0.05) is 19.5 Å². The number of nitrogens with one attached hydrogen (secondary N) is 4. The zero-order valence-electron chi connectivity index (χ0n) is 39.1. The number of aliphatic imine (C=N–C) groups is 1. The second kappa shape index (κ2) is 25.7. The zero-order chi connectivity index (χ0) is 48.5. The third kappa shape index (κ3) is 17.0. The van der Waals surface area contributed by atoms with Crippen LogP contribution in [0.25, 0.3) is 0 Å². The van der Waals surface area contributed by atoms with Crippen LogP contribution in [0.2, 0.25) is 0 Å². The Morgan fingerprint density at radius 2 is 1.21 bits per heavy atom. The number of carbonyl (C=O) groups is 6. The van der Waals surface area contributed by atoms with Crippen molar-refractivity contribution in [1.82, 2.24) is 26.2 Å². The van der Waals surface area contributed by atoms with Crippen LogP contribution < -0.4 is 21.3 Å². The van der Waals surface area contributed by atoms with E-state index in [9.17, 15) is 28.8 Å². The second-order valence-electron chi connectivity index (χ2n) is 18.3. The standard InChI is InChI=1S/C51H64N6O8S2/c1-33(2)27-38(49(66)55-47(62)40(22-21-35-15-9-6-10-16-35)52-43(58)31-57-23-25-64-26-24-57)45(60)54-42(30-37-19-13-8-14-20-37)48(63)56-50(67)39(29-36-17-11-7-12-18-36)46(61)53-41(28-34(3)4)44(59)51(5)32-65-51/h6-20,33-34,38-40,42H,21-32H2,1-5H3,(H,52,58)(H,54,60)(H,55,62,66)(H,56,63,67)/t38-,39-,40-,42-,51+/m0/s1. The van der Waals surface area contributed by atoms with Crippen molar-refractivity contribution < 1.29 is 38.2 Å². The zero-order valence-corrected chi connectivity index (χ0v) is 40.7. The lowest BCUT2D eigenvalue weighted by Gasteiger charge is -2.28. The van der Waals surface area contributed by atoms with Crippen LogP contribution in [0.5, 0.6) is 0 Å². The van der Waals surface area contributed by atoms with Gasteiger partial charge in [0.25, 0.3) is 5.91 Å². The molecule has 67 heavy (non-hydrogen) atoms. The van der Waals surface area contributed by atoms with E-state index in [1.54, 1.807) is 6.92 Å². The quantitative estimate of drug-likeness (QED) is 0.0573. The monoisotopic (exact) mass is 952 g/mol. The summed E-state index contributed by atoms with van der Waals surface area (Å²) >= 11 is 11.6. The van der Waals surface area contributed by atoms with E-state index in [0.717, 1.165) is 16.7 Å². The average Bonchev–Trinajstić information content (AvgIpc) is 4.06. The van der Waals surface area contributed by atoms with Gasteiger partial charge in [0.1, 0.15) is 12.1 Å². The molecule has 2 heterocycles. The van der Waals surface area contributed by atoms with Crippen LogP contribution >= 0.6 is 24.4 Å². The van der Waals surface area contributed by atoms with E-state index < -0.39 is 53.1 Å². The Kier molecular flexibility index (Phi) is 20.1. The summed E-state index contributed by atoms with van der Waals surface area (Å²) in [5, 5.41) is 11.3. The van der Waals surface area contributed by atoms with Crippen LogP contribution in [0.4, 0.5) is 0 Å². The maximum atomic E-state index is 14.5. The molecule has 2 aliphatic rings. The number of epoxide rings is 1. The van der Waals surface area contributed by atoms with Crippen molar-refractivity contribution in [2.45, 2.75) is 90.8 Å². The highest BCUT2D eigenvalue weighted by Crippen LogP contribution is 2.29. The predicted octanol–water partition coefficient (Wildman–Crippen LogP) is 4.94. The first-order chi connectivity index (χ1) is 32.0. The highest BCUT2D eigenvalue weighted by molar-refractivity contribution is 7.80. The van der Waals surface area contributed by atoms with Gasteiger partial charge in [0.05, 0.1) is 53.9 Å². The van der Waals surface area contributed by atoms with Gasteiger partial charge in [0.2, 0.25) is 29.4 Å². The summed E-state index contributed by atoms with van der Waals surface area (Å²) in [6.07, 6.45) is 1.37. The smallest absolute Gasteiger partial charge is 0.256 e. The van der Waals surface area contributed by atoms with E-state index in [2.05, 4.69) is 26.3 Å². The van der Waals surface area contributed by atoms with Crippen LogP contribution in [0.15, 0.2) is 96.0 Å². The van der Waals surface area contributed by atoms with Crippen LogP contribution in [-0.4, -0.2) is 113 Å². The molecule has 358 valence electrons. The molecule has 3 aromatic carbocycles. The van der Waals surface area contributed by atoms with Crippen molar-refractivity contribution >= 4 is 75.4 Å². The first-order valence-electron chi connectivity index (χ1n) is 23.0. The number of hydrogen-bond donors (Lipinski definition) is 4. The molecule has 0 saturated carbocycles. The summed E-state index contributed by atoms with van der Waals surface area (Å²) in [6, 6.07) is 25.6. The number of thiocarbonyl (C=S) groups is 2. The maximum absolute atomic E-state index is 14.5. The molecule has 14 nitrogen and oxygen atoms in total. The van der Waals surface area contributed by atoms with Crippen molar-refractivity contribution in [2.75, 3.05) is 39.5 Å². The summed E-state index contributed by atoms with van der Waals surface area (Å²) in [5.74, 6) is -5.47. The van der Waals surface area contributed by atoms with Crippen molar-refractivity contribution in [3.8, 4) is 0 Å². The molecule has 0 aromatic heterocycles. The number of ketones is 1. The van der Waals surface area contributed by atoms with Gasteiger partial charge in [0.15, 0.2) is 5.60 Å². The molecule has 5 rings (SSSR count). The molecule has 0 aliphatic carbocycles. The van der Waals surface area contributed by atoms with Crippen LogP contribution in [0.3, 0.4) is 0 Å². The molecule has 2 aliphatic heterocycles. The van der Waals surface area contributed by atoms with Gasteiger partial charge < -0.3 is 30.7 Å². The molecule has 2 saturated heterocycles.